The van der Waals surface area contributed by atoms with Crippen LogP contribution in [0.15, 0.2) is 36.4 Å². The fraction of sp³-hybridized carbons (Fsp3) is 0.588. The first-order valence-electron chi connectivity index (χ1n) is 15.9. The number of carbonyl (C=O) groups is 2. The number of likely N-dealkylation sites (tertiary alicyclic amines) is 1. The summed E-state index contributed by atoms with van der Waals surface area (Å²) in [5.41, 5.74) is 0.121. The molecule has 0 radical (unpaired) electrons. The van der Waals surface area contributed by atoms with Crippen LogP contribution < -0.4 is 10.2 Å². The average molecular weight is 652 g/mol. The third-order valence-corrected chi connectivity index (χ3v) is 9.15. The minimum Gasteiger partial charge on any atom is -0.365 e. The first kappa shape index (κ1) is 35.6. The summed E-state index contributed by atoms with van der Waals surface area (Å²) >= 11 is 0. The predicted molar refractivity (Wildman–Crippen MR) is 168 cm³/mol. The summed E-state index contributed by atoms with van der Waals surface area (Å²) in [4.78, 5) is 34.3. The van der Waals surface area contributed by atoms with Gasteiger partial charge in [0.15, 0.2) is 0 Å². The molecule has 0 bridgehead atoms. The van der Waals surface area contributed by atoms with Gasteiger partial charge in [-0.1, -0.05) is 32.0 Å². The maximum Gasteiger partial charge on any atom is 0.416 e. The molecule has 0 aromatic heterocycles. The van der Waals surface area contributed by atoms with E-state index in [1.807, 2.05) is 62.6 Å². The largest absolute Gasteiger partial charge is 0.416 e. The number of hydrogen-bond donors (Lipinski definition) is 1. The lowest BCUT2D eigenvalue weighted by molar-refractivity contribution is -0.138. The van der Waals surface area contributed by atoms with E-state index >= 15 is 8.78 Å². The highest BCUT2D eigenvalue weighted by molar-refractivity contribution is 5.81. The van der Waals surface area contributed by atoms with Crippen molar-refractivity contribution in [1.29, 1.82) is 0 Å². The van der Waals surface area contributed by atoms with Gasteiger partial charge in [-0.3, -0.25) is 14.5 Å². The normalized spacial score (nSPS) is 20.2. The summed E-state index contributed by atoms with van der Waals surface area (Å²) in [6.45, 7) is 10.5. The lowest BCUT2D eigenvalue weighted by Crippen LogP contribution is -2.52. The molecule has 7 nitrogen and oxygen atoms in total. The first-order chi connectivity index (χ1) is 21.6. The van der Waals surface area contributed by atoms with Crippen LogP contribution in [-0.4, -0.2) is 92.5 Å². The fourth-order valence-corrected chi connectivity index (χ4v) is 6.50. The van der Waals surface area contributed by atoms with Gasteiger partial charge in [0.1, 0.15) is 11.6 Å². The van der Waals surface area contributed by atoms with Gasteiger partial charge in [0.05, 0.1) is 23.2 Å². The number of halogens is 5. The monoisotopic (exact) mass is 651 g/mol. The van der Waals surface area contributed by atoms with Crippen LogP contribution in [0, 0.1) is 23.5 Å². The summed E-state index contributed by atoms with van der Waals surface area (Å²) in [5.74, 6) is -2.93. The Labute approximate surface area is 268 Å². The maximum absolute atomic E-state index is 15.5. The van der Waals surface area contributed by atoms with Crippen molar-refractivity contribution in [3.8, 4) is 0 Å². The van der Waals surface area contributed by atoms with Gasteiger partial charge in [-0.05, 0) is 57.6 Å². The van der Waals surface area contributed by atoms with Crippen molar-refractivity contribution in [2.45, 2.75) is 58.3 Å². The van der Waals surface area contributed by atoms with E-state index in [0.717, 1.165) is 12.1 Å². The molecule has 46 heavy (non-hydrogen) atoms. The Hall–Kier alpha value is -3.25. The SMILES string of the molecule is CC(C)[C@H](NC(=O)CCN(C)C)c1cccc(F)c1N1CCN(C(=O)[C@@H]2CN(C(C)C)C[C@H]2c2ccc(C(F)(F)F)cc2F)CC1. The molecule has 2 fully saturated rings. The number of carbonyl (C=O) groups excluding carboxylic acids is 2. The van der Waals surface area contributed by atoms with E-state index in [0.29, 0.717) is 69.6 Å². The summed E-state index contributed by atoms with van der Waals surface area (Å²) < 4.78 is 70.2. The van der Waals surface area contributed by atoms with Gasteiger partial charge in [0.2, 0.25) is 11.8 Å². The molecule has 1 N–H and O–H groups in total. The second-order valence-electron chi connectivity index (χ2n) is 13.3. The van der Waals surface area contributed by atoms with E-state index in [-0.39, 0.29) is 29.3 Å². The van der Waals surface area contributed by atoms with Crippen molar-refractivity contribution in [3.63, 3.8) is 0 Å². The maximum atomic E-state index is 15.5. The first-order valence-corrected chi connectivity index (χ1v) is 15.9. The van der Waals surface area contributed by atoms with Crippen molar-refractivity contribution < 1.29 is 31.5 Å². The Bertz CT molecular complexity index is 1370. The van der Waals surface area contributed by atoms with Gasteiger partial charge in [-0.15, -0.1) is 0 Å². The summed E-state index contributed by atoms with van der Waals surface area (Å²) in [6.07, 6.45) is -4.35. The Morgan fingerprint density at radius 3 is 2.20 bits per heavy atom. The molecule has 2 heterocycles. The standard InChI is InChI=1S/C34H46F5N5O2/c1-21(2)31(40-30(45)12-13-41(5)6)25-8-7-9-28(35)32(25)42-14-16-43(17-15-42)33(46)27-20-44(22(3)4)19-26(27)24-11-10-23(18-29(24)36)34(37,38)39/h7-11,18,21-22,26-27,31H,12-17,19-20H2,1-6H3,(H,40,45)/t26-,27+,31-/m0/s1. The van der Waals surface area contributed by atoms with Gasteiger partial charge in [0, 0.05) is 69.8 Å². The quantitative estimate of drug-likeness (QED) is 0.343. The van der Waals surface area contributed by atoms with E-state index in [1.54, 1.807) is 11.0 Å². The zero-order valence-electron chi connectivity index (χ0n) is 27.5. The van der Waals surface area contributed by atoms with Crippen molar-refractivity contribution in [2.24, 2.45) is 11.8 Å². The molecule has 254 valence electrons. The Morgan fingerprint density at radius 2 is 1.63 bits per heavy atom. The molecule has 2 saturated heterocycles. The number of rotatable bonds is 10. The summed E-state index contributed by atoms with van der Waals surface area (Å²) in [6, 6.07) is 7.04. The van der Waals surface area contributed by atoms with Crippen LogP contribution in [0.5, 0.6) is 0 Å². The van der Waals surface area contributed by atoms with Gasteiger partial charge in [-0.25, -0.2) is 8.78 Å². The number of nitrogens with one attached hydrogen (secondary N) is 1. The molecular formula is C34H46F5N5O2. The highest BCUT2D eigenvalue weighted by Crippen LogP contribution is 2.39. The highest BCUT2D eigenvalue weighted by Gasteiger charge is 2.43. The van der Waals surface area contributed by atoms with E-state index in [2.05, 4.69) is 5.32 Å². The number of benzene rings is 2. The van der Waals surface area contributed by atoms with Crippen LogP contribution in [-0.2, 0) is 15.8 Å². The van der Waals surface area contributed by atoms with E-state index in [1.165, 1.54) is 6.07 Å². The van der Waals surface area contributed by atoms with Gasteiger partial charge < -0.3 is 20.0 Å². The Balaban J connectivity index is 1.52. The summed E-state index contributed by atoms with van der Waals surface area (Å²) in [7, 11) is 3.78. The molecule has 0 aliphatic carbocycles. The third kappa shape index (κ3) is 8.17. The molecule has 2 aliphatic rings. The highest BCUT2D eigenvalue weighted by atomic mass is 19.4. The van der Waals surface area contributed by atoms with Crippen molar-refractivity contribution in [2.75, 3.05) is 64.8 Å². The van der Waals surface area contributed by atoms with E-state index < -0.39 is 41.3 Å². The lowest BCUT2D eigenvalue weighted by Gasteiger charge is -2.39. The Morgan fingerprint density at radius 1 is 0.957 bits per heavy atom. The number of amides is 2. The molecule has 0 spiro atoms. The predicted octanol–water partition coefficient (Wildman–Crippen LogP) is 5.52. The summed E-state index contributed by atoms with van der Waals surface area (Å²) in [5, 5.41) is 3.09. The van der Waals surface area contributed by atoms with Gasteiger partial charge in [-0.2, -0.15) is 13.2 Å². The lowest BCUT2D eigenvalue weighted by atomic mass is 9.87. The van der Waals surface area contributed by atoms with Crippen molar-refractivity contribution in [1.82, 2.24) is 20.0 Å². The number of anilines is 1. The Kier molecular flexibility index (Phi) is 11.4. The molecular weight excluding hydrogens is 605 g/mol. The second kappa shape index (κ2) is 14.7. The number of para-hydroxylation sites is 1. The molecule has 2 aliphatic heterocycles. The van der Waals surface area contributed by atoms with Gasteiger partial charge >= 0.3 is 6.18 Å². The van der Waals surface area contributed by atoms with Crippen LogP contribution in [0.1, 0.15) is 62.8 Å². The number of alkyl halides is 3. The zero-order valence-corrected chi connectivity index (χ0v) is 27.5. The van der Waals surface area contributed by atoms with Crippen LogP contribution in [0.3, 0.4) is 0 Å². The number of nitrogens with zero attached hydrogens (tertiary/aromatic N) is 4. The smallest absolute Gasteiger partial charge is 0.365 e. The average Bonchev–Trinajstić information content (AvgIpc) is 3.43. The molecule has 2 aromatic carbocycles. The molecule has 0 unspecified atom stereocenters. The minimum atomic E-state index is -4.67. The minimum absolute atomic E-state index is 0.0134. The molecule has 2 aromatic rings. The molecule has 2 amide bonds. The van der Waals surface area contributed by atoms with Gasteiger partial charge in [0.25, 0.3) is 0 Å². The molecule has 12 heteroatoms. The fourth-order valence-electron chi connectivity index (χ4n) is 6.50. The molecule has 3 atom stereocenters. The van der Waals surface area contributed by atoms with Crippen LogP contribution in [0.25, 0.3) is 0 Å². The van der Waals surface area contributed by atoms with Crippen molar-refractivity contribution >= 4 is 17.5 Å². The third-order valence-electron chi connectivity index (χ3n) is 9.15. The second-order valence-corrected chi connectivity index (χ2v) is 13.3. The van der Waals surface area contributed by atoms with E-state index in [4.69, 9.17) is 0 Å². The van der Waals surface area contributed by atoms with Crippen molar-refractivity contribution in [3.05, 3.63) is 64.7 Å². The zero-order chi connectivity index (χ0) is 33.9. The molecule has 4 rings (SSSR count). The van der Waals surface area contributed by atoms with E-state index in [9.17, 15) is 22.8 Å². The van der Waals surface area contributed by atoms with Crippen LogP contribution >= 0.6 is 0 Å². The topological polar surface area (TPSA) is 59.1 Å². The van der Waals surface area contributed by atoms with Crippen LogP contribution in [0.4, 0.5) is 27.6 Å². The molecule has 0 saturated carbocycles. The number of hydrogen-bond acceptors (Lipinski definition) is 5. The van der Waals surface area contributed by atoms with Crippen LogP contribution in [0.2, 0.25) is 0 Å². The number of piperazine rings is 1.